The van der Waals surface area contributed by atoms with E-state index < -0.39 is 34.8 Å². The lowest BCUT2D eigenvalue weighted by molar-refractivity contribution is -0.152. The lowest BCUT2D eigenvalue weighted by atomic mass is 9.95. The van der Waals surface area contributed by atoms with Gasteiger partial charge < -0.3 is 26.0 Å². The number of rotatable bonds is 6. The molecule has 36 heavy (non-hydrogen) atoms. The second-order valence-electron chi connectivity index (χ2n) is 9.01. The van der Waals surface area contributed by atoms with Crippen LogP contribution in [0, 0.1) is 0 Å². The van der Waals surface area contributed by atoms with Gasteiger partial charge in [-0.25, -0.2) is 4.79 Å². The van der Waals surface area contributed by atoms with Gasteiger partial charge in [-0.05, 0) is 43.7 Å². The standard InChI is InChI=1S/C23H24N8O4S/c1-23(2)17(18-27-29-30-28-18)31-20(34)16(21(31)36-23)25-19(33)15(12-8-10-14(32)11-9-12)26-22(35)24-13-6-4-3-5-7-13/h3-11,15-17,21,32H,1-2H3,(H,25,33)(H2,24,26,35)(H,27,28,29,30)/t15?,16?,17?,21-/m1/s1. The van der Waals surface area contributed by atoms with E-state index in [0.717, 1.165) is 0 Å². The van der Waals surface area contributed by atoms with E-state index in [1.54, 1.807) is 29.2 Å². The van der Waals surface area contributed by atoms with Crippen molar-refractivity contribution in [2.75, 3.05) is 5.32 Å². The van der Waals surface area contributed by atoms with Gasteiger partial charge in [0.25, 0.3) is 0 Å². The molecule has 3 unspecified atom stereocenters. The third-order valence-electron chi connectivity index (χ3n) is 6.14. The molecule has 13 heteroatoms. The van der Waals surface area contributed by atoms with Gasteiger partial charge in [0, 0.05) is 10.4 Å². The average Bonchev–Trinajstić information content (AvgIpc) is 3.46. The number of aromatic amines is 1. The van der Waals surface area contributed by atoms with E-state index in [1.165, 1.54) is 36.0 Å². The van der Waals surface area contributed by atoms with E-state index in [0.29, 0.717) is 17.1 Å². The lowest BCUT2D eigenvalue weighted by Gasteiger charge is -2.44. The van der Waals surface area contributed by atoms with Crippen LogP contribution in [0.2, 0.25) is 0 Å². The summed E-state index contributed by atoms with van der Waals surface area (Å²) in [6.45, 7) is 3.97. The second kappa shape index (κ2) is 9.15. The molecule has 3 aromatic rings. The highest BCUT2D eigenvalue weighted by atomic mass is 32.2. The average molecular weight is 509 g/mol. The summed E-state index contributed by atoms with van der Waals surface area (Å²) in [7, 11) is 0. The number of phenolic OH excluding ortho intramolecular Hbond substituents is 1. The summed E-state index contributed by atoms with van der Waals surface area (Å²) in [5, 5.41) is 31.7. The van der Waals surface area contributed by atoms with Crippen LogP contribution < -0.4 is 16.0 Å². The molecular formula is C23H24N8O4S. The largest absolute Gasteiger partial charge is 0.508 e. The molecule has 0 radical (unpaired) electrons. The Hall–Kier alpha value is -4.13. The number of fused-ring (bicyclic) bond motifs is 1. The minimum atomic E-state index is -1.11. The van der Waals surface area contributed by atoms with Gasteiger partial charge in [0.2, 0.25) is 11.8 Å². The lowest BCUT2D eigenvalue weighted by Crippen LogP contribution is -2.68. The molecule has 2 fully saturated rings. The Balaban J connectivity index is 1.33. The summed E-state index contributed by atoms with van der Waals surface area (Å²) < 4.78 is -0.409. The molecule has 1 aromatic heterocycles. The monoisotopic (exact) mass is 508 g/mol. The Kier molecular flexibility index (Phi) is 6.00. The fourth-order valence-corrected chi connectivity index (χ4v) is 6.10. The smallest absolute Gasteiger partial charge is 0.320 e. The zero-order valence-corrected chi connectivity index (χ0v) is 20.2. The second-order valence-corrected chi connectivity index (χ2v) is 10.8. The number of urea groups is 1. The summed E-state index contributed by atoms with van der Waals surface area (Å²) in [5.41, 5.74) is 1.00. The molecule has 2 aliphatic heterocycles. The molecule has 186 valence electrons. The van der Waals surface area contributed by atoms with E-state index in [4.69, 9.17) is 0 Å². The van der Waals surface area contributed by atoms with Crippen LogP contribution >= 0.6 is 11.8 Å². The number of anilines is 1. The minimum absolute atomic E-state index is 0.0218. The zero-order valence-electron chi connectivity index (χ0n) is 19.4. The minimum Gasteiger partial charge on any atom is -0.508 e. The number of nitrogens with one attached hydrogen (secondary N) is 4. The Morgan fingerprint density at radius 1 is 1.14 bits per heavy atom. The van der Waals surface area contributed by atoms with E-state index in [1.807, 2.05) is 19.9 Å². The molecular weight excluding hydrogens is 484 g/mol. The Morgan fingerprint density at radius 3 is 2.53 bits per heavy atom. The molecule has 4 atom stereocenters. The topological polar surface area (TPSA) is 165 Å². The number of carbonyl (C=O) groups excluding carboxylic acids is 3. The highest BCUT2D eigenvalue weighted by molar-refractivity contribution is 8.01. The number of nitrogens with zero attached hydrogens (tertiary/aromatic N) is 4. The van der Waals surface area contributed by atoms with Gasteiger partial charge >= 0.3 is 6.03 Å². The van der Waals surface area contributed by atoms with Gasteiger partial charge in [-0.3, -0.25) is 9.59 Å². The molecule has 2 aromatic carbocycles. The van der Waals surface area contributed by atoms with Crippen LogP contribution in [0.25, 0.3) is 0 Å². The van der Waals surface area contributed by atoms with Crippen LogP contribution in [-0.4, -0.2) is 64.6 Å². The number of β-lactam (4-membered cyclic amide) rings is 1. The van der Waals surface area contributed by atoms with Gasteiger partial charge in [-0.1, -0.05) is 35.5 Å². The third-order valence-corrected chi connectivity index (χ3v) is 7.71. The number of amides is 4. The molecule has 2 saturated heterocycles. The molecule has 0 aliphatic carbocycles. The van der Waals surface area contributed by atoms with Crippen molar-refractivity contribution in [1.29, 1.82) is 0 Å². The Labute approximate surface area is 210 Å². The summed E-state index contributed by atoms with van der Waals surface area (Å²) in [4.78, 5) is 40.9. The molecule has 0 spiro atoms. The summed E-state index contributed by atoms with van der Waals surface area (Å²) in [5.74, 6) is -0.384. The number of tetrazole rings is 1. The maximum absolute atomic E-state index is 13.4. The van der Waals surface area contributed by atoms with Crippen molar-refractivity contribution < 1.29 is 19.5 Å². The predicted molar refractivity (Wildman–Crippen MR) is 131 cm³/mol. The van der Waals surface area contributed by atoms with Gasteiger partial charge in [0.15, 0.2) is 5.82 Å². The highest BCUT2D eigenvalue weighted by Gasteiger charge is 2.63. The van der Waals surface area contributed by atoms with E-state index in [9.17, 15) is 19.5 Å². The number of H-pyrrole nitrogens is 1. The number of benzene rings is 2. The van der Waals surface area contributed by atoms with Crippen LogP contribution in [-0.2, 0) is 9.59 Å². The molecule has 5 N–H and O–H groups in total. The molecule has 3 heterocycles. The molecule has 2 aliphatic rings. The van der Waals surface area contributed by atoms with Gasteiger partial charge in [-0.15, -0.1) is 22.0 Å². The quantitative estimate of drug-likeness (QED) is 0.314. The number of aromatic nitrogens is 4. The van der Waals surface area contributed by atoms with Crippen LogP contribution in [0.3, 0.4) is 0 Å². The number of hydrogen-bond donors (Lipinski definition) is 5. The van der Waals surface area contributed by atoms with Crippen LogP contribution in [0.4, 0.5) is 10.5 Å². The summed E-state index contributed by atoms with van der Waals surface area (Å²) >= 11 is 1.54. The molecule has 5 rings (SSSR count). The van der Waals surface area contributed by atoms with Crippen molar-refractivity contribution in [3.05, 3.63) is 66.0 Å². The molecule has 0 saturated carbocycles. The molecule has 12 nitrogen and oxygen atoms in total. The fourth-order valence-electron chi connectivity index (χ4n) is 4.47. The number of aromatic hydroxyl groups is 1. The normalized spacial score (nSPS) is 22.8. The van der Waals surface area contributed by atoms with Crippen molar-refractivity contribution in [1.82, 2.24) is 36.2 Å². The Morgan fingerprint density at radius 2 is 1.86 bits per heavy atom. The number of phenols is 1. The number of hydrogen-bond acceptors (Lipinski definition) is 8. The number of para-hydroxylation sites is 1. The Bertz CT molecular complexity index is 1270. The molecule has 0 bridgehead atoms. The maximum atomic E-state index is 13.4. The number of carbonyl (C=O) groups is 3. The fraction of sp³-hybridized carbons (Fsp3) is 0.304. The van der Waals surface area contributed by atoms with E-state index in [-0.39, 0.29) is 17.0 Å². The van der Waals surface area contributed by atoms with Crippen molar-refractivity contribution in [2.45, 2.75) is 42.1 Å². The first-order valence-corrected chi connectivity index (χ1v) is 12.1. The summed E-state index contributed by atoms with van der Waals surface area (Å²) in [6.07, 6.45) is 0. The van der Waals surface area contributed by atoms with E-state index >= 15 is 0 Å². The highest BCUT2D eigenvalue weighted by Crippen LogP contribution is 2.56. The maximum Gasteiger partial charge on any atom is 0.320 e. The van der Waals surface area contributed by atoms with Gasteiger partial charge in [-0.2, -0.15) is 5.21 Å². The van der Waals surface area contributed by atoms with Crippen LogP contribution in [0.15, 0.2) is 54.6 Å². The molecule has 4 amide bonds. The van der Waals surface area contributed by atoms with Gasteiger partial charge in [0.1, 0.15) is 29.2 Å². The first kappa shape index (κ1) is 23.6. The third kappa shape index (κ3) is 4.33. The van der Waals surface area contributed by atoms with E-state index in [2.05, 4.69) is 36.6 Å². The zero-order chi connectivity index (χ0) is 25.4. The van der Waals surface area contributed by atoms with Crippen molar-refractivity contribution >= 4 is 35.3 Å². The summed E-state index contributed by atoms with van der Waals surface area (Å²) in [6, 6.07) is 11.9. The number of thioether (sulfide) groups is 1. The first-order chi connectivity index (χ1) is 17.2. The SMILES string of the molecule is CC1(C)S[C@@H]2C(NC(=O)C(NC(=O)Nc3ccccc3)c3ccc(O)cc3)C(=O)N2C1c1nn[nH]n1. The van der Waals surface area contributed by atoms with Crippen molar-refractivity contribution in [2.24, 2.45) is 0 Å². The van der Waals surface area contributed by atoms with Crippen molar-refractivity contribution in [3.63, 3.8) is 0 Å². The van der Waals surface area contributed by atoms with Gasteiger partial charge in [0.05, 0.1) is 0 Å². The predicted octanol–water partition coefficient (Wildman–Crippen LogP) is 1.69. The van der Waals surface area contributed by atoms with Crippen LogP contribution in [0.1, 0.15) is 37.3 Å². The van der Waals surface area contributed by atoms with Crippen LogP contribution in [0.5, 0.6) is 5.75 Å². The first-order valence-electron chi connectivity index (χ1n) is 11.2. The van der Waals surface area contributed by atoms with Crippen molar-refractivity contribution in [3.8, 4) is 5.75 Å².